The van der Waals surface area contributed by atoms with Crippen LogP contribution in [-0.2, 0) is 22.7 Å². The van der Waals surface area contributed by atoms with Gasteiger partial charge in [0.25, 0.3) is 0 Å². The van der Waals surface area contributed by atoms with Crippen LogP contribution in [0.2, 0.25) is 0 Å². The molecule has 10 nitrogen and oxygen atoms in total. The number of methoxy groups -OCH3 is 1. The number of ether oxygens (including phenoxy) is 1. The average molecular weight is 532 g/mol. The number of hydrogen-bond acceptors (Lipinski definition) is 7. The molecular formula is C28H30FN7O3. The number of halogens is 1. The van der Waals surface area contributed by atoms with Crippen LogP contribution in [0.1, 0.15) is 37.9 Å². The fourth-order valence-electron chi connectivity index (χ4n) is 4.02. The van der Waals surface area contributed by atoms with Crippen molar-refractivity contribution in [1.82, 2.24) is 35.4 Å². The van der Waals surface area contributed by atoms with Crippen molar-refractivity contribution in [2.45, 2.75) is 45.4 Å². The molecule has 0 aliphatic heterocycles. The summed E-state index contributed by atoms with van der Waals surface area (Å²) in [4.78, 5) is 34.1. The van der Waals surface area contributed by atoms with Gasteiger partial charge in [-0.2, -0.15) is 4.80 Å². The van der Waals surface area contributed by atoms with Crippen LogP contribution in [0.25, 0.3) is 11.4 Å². The maximum absolute atomic E-state index is 14.2. The normalized spacial score (nSPS) is 12.0. The van der Waals surface area contributed by atoms with Gasteiger partial charge in [0.2, 0.25) is 17.6 Å². The molecule has 39 heavy (non-hydrogen) atoms. The highest BCUT2D eigenvalue weighted by Gasteiger charge is 2.34. The van der Waals surface area contributed by atoms with E-state index >= 15 is 0 Å². The zero-order valence-corrected chi connectivity index (χ0v) is 22.2. The minimum Gasteiger partial charge on any atom is -0.497 e. The third-order valence-corrected chi connectivity index (χ3v) is 5.73. The average Bonchev–Trinajstić information content (AvgIpc) is 3.36. The molecular weight excluding hydrogens is 501 g/mol. The number of aromatic nitrogens is 5. The molecule has 4 rings (SSSR count). The molecule has 0 unspecified atom stereocenters. The van der Waals surface area contributed by atoms with Gasteiger partial charge < -0.3 is 15.0 Å². The molecule has 2 amide bonds. The van der Waals surface area contributed by atoms with Crippen LogP contribution in [-0.4, -0.2) is 54.6 Å². The Kier molecular flexibility index (Phi) is 8.28. The van der Waals surface area contributed by atoms with E-state index in [-0.39, 0.29) is 30.4 Å². The fourth-order valence-corrected chi connectivity index (χ4v) is 4.02. The van der Waals surface area contributed by atoms with E-state index in [9.17, 15) is 14.0 Å². The summed E-state index contributed by atoms with van der Waals surface area (Å²) in [5, 5.41) is 15.1. The lowest BCUT2D eigenvalue weighted by Gasteiger charge is -2.33. The van der Waals surface area contributed by atoms with Crippen molar-refractivity contribution in [2.75, 3.05) is 7.11 Å². The highest BCUT2D eigenvalue weighted by molar-refractivity contribution is 5.89. The van der Waals surface area contributed by atoms with E-state index in [2.05, 4.69) is 25.7 Å². The van der Waals surface area contributed by atoms with Crippen LogP contribution in [0.5, 0.6) is 5.75 Å². The first-order valence-electron chi connectivity index (χ1n) is 12.3. The lowest BCUT2D eigenvalue weighted by Crippen LogP contribution is -2.49. The van der Waals surface area contributed by atoms with Gasteiger partial charge in [0.15, 0.2) is 0 Å². The van der Waals surface area contributed by atoms with E-state index in [1.54, 1.807) is 55.9 Å². The van der Waals surface area contributed by atoms with E-state index < -0.39 is 23.3 Å². The minimum atomic E-state index is -0.986. The highest BCUT2D eigenvalue weighted by atomic mass is 19.1. The van der Waals surface area contributed by atoms with Crippen molar-refractivity contribution < 1.29 is 18.7 Å². The maximum Gasteiger partial charge on any atom is 0.247 e. The number of rotatable bonds is 9. The fraction of sp³-hybridized carbons (Fsp3) is 0.286. The molecule has 2 aromatic carbocycles. The Morgan fingerprint density at radius 3 is 2.51 bits per heavy atom. The molecule has 0 saturated carbocycles. The van der Waals surface area contributed by atoms with Crippen molar-refractivity contribution in [2.24, 2.45) is 0 Å². The van der Waals surface area contributed by atoms with Crippen LogP contribution in [0, 0.1) is 5.82 Å². The van der Waals surface area contributed by atoms with Gasteiger partial charge >= 0.3 is 0 Å². The largest absolute Gasteiger partial charge is 0.497 e. The van der Waals surface area contributed by atoms with Gasteiger partial charge in [-0.25, -0.2) is 4.39 Å². The van der Waals surface area contributed by atoms with Crippen molar-refractivity contribution in [3.8, 4) is 17.1 Å². The first kappa shape index (κ1) is 27.4. The second-order valence-electron chi connectivity index (χ2n) is 9.92. The number of tetrazole rings is 1. The number of amides is 2. The predicted octanol–water partition coefficient (Wildman–Crippen LogP) is 3.57. The Bertz CT molecular complexity index is 1440. The molecule has 0 bridgehead atoms. The Hall–Kier alpha value is -4.67. The molecule has 11 heteroatoms. The third kappa shape index (κ3) is 7.01. The summed E-state index contributed by atoms with van der Waals surface area (Å²) in [6, 6.07) is 15.7. The molecule has 0 saturated heterocycles. The zero-order chi connectivity index (χ0) is 28.0. The Morgan fingerprint density at radius 2 is 1.82 bits per heavy atom. The van der Waals surface area contributed by atoms with Crippen molar-refractivity contribution in [3.05, 3.63) is 90.0 Å². The molecule has 1 atom stereocenters. The third-order valence-electron chi connectivity index (χ3n) is 5.73. The summed E-state index contributed by atoms with van der Waals surface area (Å²) in [6.07, 6.45) is 3.14. The predicted molar refractivity (Wildman–Crippen MR) is 142 cm³/mol. The number of nitrogens with one attached hydrogen (secondary N) is 1. The number of carbonyl (C=O) groups is 2. The van der Waals surface area contributed by atoms with E-state index in [1.807, 2.05) is 32.9 Å². The van der Waals surface area contributed by atoms with E-state index in [0.29, 0.717) is 11.3 Å². The number of pyridine rings is 1. The SMILES string of the molecule is COc1cccc(CN(C(=O)Cn2nnc(-c3ccccc3F)n2)[C@@H](C(=O)NC(C)(C)C)c2ccncc2)c1. The summed E-state index contributed by atoms with van der Waals surface area (Å²) in [7, 11) is 1.56. The summed E-state index contributed by atoms with van der Waals surface area (Å²) in [6.45, 7) is 5.37. The molecule has 0 aliphatic carbocycles. The van der Waals surface area contributed by atoms with Crippen molar-refractivity contribution >= 4 is 11.8 Å². The first-order valence-corrected chi connectivity index (χ1v) is 12.3. The lowest BCUT2D eigenvalue weighted by atomic mass is 10.0. The zero-order valence-electron chi connectivity index (χ0n) is 22.2. The monoisotopic (exact) mass is 531 g/mol. The van der Waals surface area contributed by atoms with E-state index in [0.717, 1.165) is 10.4 Å². The van der Waals surface area contributed by atoms with Crippen LogP contribution in [0.15, 0.2) is 73.1 Å². The van der Waals surface area contributed by atoms with Gasteiger partial charge in [0.05, 0.1) is 12.7 Å². The topological polar surface area (TPSA) is 115 Å². The van der Waals surface area contributed by atoms with Crippen LogP contribution < -0.4 is 10.1 Å². The standard InChI is InChI=1S/C28H30FN7O3/c1-28(2,3)31-27(38)25(20-12-14-30-15-13-20)35(17-19-8-7-9-21(16-19)39-4)24(37)18-36-33-26(32-34-36)22-10-5-6-11-23(22)29/h5-16,25H,17-18H2,1-4H3,(H,31,38)/t25-/m1/s1. The van der Waals surface area contributed by atoms with Gasteiger partial charge in [0.1, 0.15) is 24.2 Å². The van der Waals surface area contributed by atoms with Crippen molar-refractivity contribution in [1.29, 1.82) is 0 Å². The van der Waals surface area contributed by atoms with E-state index in [4.69, 9.17) is 4.74 Å². The molecule has 4 aromatic rings. The number of hydrogen-bond donors (Lipinski definition) is 1. The highest BCUT2D eigenvalue weighted by Crippen LogP contribution is 2.26. The summed E-state index contributed by atoms with van der Waals surface area (Å²) >= 11 is 0. The second-order valence-corrected chi connectivity index (χ2v) is 9.92. The number of benzene rings is 2. The summed E-state index contributed by atoms with van der Waals surface area (Å²) in [5.41, 5.74) is 0.962. The molecule has 0 fully saturated rings. The molecule has 2 heterocycles. The van der Waals surface area contributed by atoms with E-state index in [1.165, 1.54) is 17.0 Å². The van der Waals surface area contributed by atoms with Crippen LogP contribution >= 0.6 is 0 Å². The molecule has 1 N–H and O–H groups in total. The molecule has 0 radical (unpaired) electrons. The number of nitrogens with zero attached hydrogens (tertiary/aromatic N) is 6. The van der Waals surface area contributed by atoms with Crippen LogP contribution in [0.3, 0.4) is 0 Å². The lowest BCUT2D eigenvalue weighted by molar-refractivity contribution is -0.143. The van der Waals surface area contributed by atoms with Gasteiger partial charge in [-0.1, -0.05) is 24.3 Å². The smallest absolute Gasteiger partial charge is 0.247 e. The Labute approximate surface area is 225 Å². The molecule has 202 valence electrons. The summed E-state index contributed by atoms with van der Waals surface area (Å²) < 4.78 is 19.6. The maximum atomic E-state index is 14.2. The van der Waals surface area contributed by atoms with Gasteiger partial charge in [-0.05, 0) is 73.5 Å². The van der Waals surface area contributed by atoms with Crippen LogP contribution in [0.4, 0.5) is 4.39 Å². The van der Waals surface area contributed by atoms with Crippen molar-refractivity contribution in [3.63, 3.8) is 0 Å². The Balaban J connectivity index is 1.71. The quantitative estimate of drug-likeness (QED) is 0.351. The number of carbonyl (C=O) groups excluding carboxylic acids is 2. The first-order chi connectivity index (χ1) is 18.6. The second kappa shape index (κ2) is 11.8. The Morgan fingerprint density at radius 1 is 1.08 bits per heavy atom. The summed E-state index contributed by atoms with van der Waals surface area (Å²) in [5.74, 6) is -0.632. The minimum absolute atomic E-state index is 0.0522. The van der Waals surface area contributed by atoms with Gasteiger partial charge in [-0.15, -0.1) is 10.2 Å². The molecule has 2 aromatic heterocycles. The molecule has 0 spiro atoms. The molecule has 0 aliphatic rings. The van der Waals surface area contributed by atoms with Gasteiger partial charge in [0, 0.05) is 24.5 Å². The van der Waals surface area contributed by atoms with Gasteiger partial charge in [-0.3, -0.25) is 14.6 Å².